The first kappa shape index (κ1) is 20.6. The number of nitrogens with zero attached hydrogens (tertiary/aromatic N) is 4. The molecule has 9 nitrogen and oxygen atoms in total. The lowest BCUT2D eigenvalue weighted by molar-refractivity contribution is 0.0705. The van der Waals surface area contributed by atoms with Crippen LogP contribution >= 0.6 is 11.6 Å². The van der Waals surface area contributed by atoms with Crippen molar-refractivity contribution in [3.63, 3.8) is 0 Å². The number of benzene rings is 1. The number of hydrogen-bond donors (Lipinski definition) is 1. The summed E-state index contributed by atoms with van der Waals surface area (Å²) in [6, 6.07) is 2.97. The number of carbonyl (C=O) groups excluding carboxylic acids is 1. The van der Waals surface area contributed by atoms with Crippen molar-refractivity contribution >= 4 is 50.4 Å². The molecule has 0 fully saturated rings. The highest BCUT2D eigenvalue weighted by atomic mass is 35.5. The van der Waals surface area contributed by atoms with Crippen LogP contribution in [0.25, 0.3) is 23.1 Å². The molecule has 0 aliphatic carbocycles. The molecule has 0 atom stereocenters. The summed E-state index contributed by atoms with van der Waals surface area (Å²) in [5.74, 6) is -0.448. The fourth-order valence-corrected chi connectivity index (χ4v) is 4.71. The average Bonchev–Trinajstić information content (AvgIpc) is 3.28. The molecular formula is C19H20ClN5O4S. The number of ether oxygens (including phenoxy) is 1. The monoisotopic (exact) mass is 449 g/mol. The molecule has 3 heterocycles. The zero-order valence-electron chi connectivity index (χ0n) is 16.4. The number of aryl methyl sites for hydroxylation is 1. The number of aromatic amines is 1. The van der Waals surface area contributed by atoms with Crippen molar-refractivity contribution in [1.82, 2.24) is 24.9 Å². The molecular weight excluding hydrogens is 430 g/mol. The number of aromatic nitrogens is 4. The van der Waals surface area contributed by atoms with Gasteiger partial charge in [0, 0.05) is 37.8 Å². The Kier molecular flexibility index (Phi) is 5.39. The van der Waals surface area contributed by atoms with Crippen molar-refractivity contribution in [2.24, 2.45) is 7.05 Å². The number of hydrogen-bond acceptors (Lipinski definition) is 6. The number of likely N-dealkylation sites (N-methyl/N-ethyl adjacent to an activating group) is 1. The van der Waals surface area contributed by atoms with Crippen molar-refractivity contribution in [2.45, 2.75) is 4.90 Å². The van der Waals surface area contributed by atoms with Crippen LogP contribution in [-0.2, 0) is 21.6 Å². The van der Waals surface area contributed by atoms with Gasteiger partial charge in [0.25, 0.3) is 5.91 Å². The number of halogens is 1. The van der Waals surface area contributed by atoms with E-state index in [0.717, 1.165) is 0 Å². The summed E-state index contributed by atoms with van der Waals surface area (Å²) >= 11 is 6.30. The van der Waals surface area contributed by atoms with E-state index in [2.05, 4.69) is 15.3 Å². The van der Waals surface area contributed by atoms with E-state index in [9.17, 15) is 13.2 Å². The topological polar surface area (TPSA) is 110 Å². The van der Waals surface area contributed by atoms with E-state index in [-0.39, 0.29) is 34.8 Å². The fourth-order valence-electron chi connectivity index (χ4n) is 3.22. The highest BCUT2D eigenvalue weighted by Gasteiger charge is 2.21. The van der Waals surface area contributed by atoms with Crippen LogP contribution in [0.1, 0.15) is 21.7 Å². The molecule has 11 heteroatoms. The third-order valence-corrected chi connectivity index (χ3v) is 6.84. The fraction of sp³-hybridized carbons (Fsp3) is 0.316. The number of nitrogens with one attached hydrogen (secondary N) is 1. The molecule has 2 bridgehead atoms. The van der Waals surface area contributed by atoms with Crippen molar-refractivity contribution in [3.8, 4) is 0 Å². The summed E-state index contributed by atoms with van der Waals surface area (Å²) in [6.07, 6.45) is 5.16. The van der Waals surface area contributed by atoms with Gasteiger partial charge in [-0.3, -0.25) is 14.6 Å². The maximum atomic E-state index is 12.8. The van der Waals surface area contributed by atoms with E-state index in [1.54, 1.807) is 43.2 Å². The SMILES string of the molecule is CN1CCOCCS(=O)(=O)c2cc(Cl)c3[nH]nc(c3c2)/C=C/c2cn(C)nc2C1=O. The first-order valence-electron chi connectivity index (χ1n) is 9.21. The molecule has 2 aromatic heterocycles. The highest BCUT2D eigenvalue weighted by Crippen LogP contribution is 2.29. The summed E-state index contributed by atoms with van der Waals surface area (Å²) in [5.41, 5.74) is 1.97. The third kappa shape index (κ3) is 3.85. The van der Waals surface area contributed by atoms with Gasteiger partial charge in [-0.2, -0.15) is 10.2 Å². The Morgan fingerprint density at radius 2 is 2.00 bits per heavy atom. The Hall–Kier alpha value is -2.69. The number of H-pyrrole nitrogens is 1. The van der Waals surface area contributed by atoms with E-state index in [4.69, 9.17) is 16.3 Å². The zero-order valence-corrected chi connectivity index (χ0v) is 18.0. The molecule has 30 heavy (non-hydrogen) atoms. The number of rotatable bonds is 0. The maximum Gasteiger partial charge on any atom is 0.274 e. The second-order valence-corrected chi connectivity index (χ2v) is 9.55. The lowest BCUT2D eigenvalue weighted by Gasteiger charge is -2.16. The number of amides is 1. The van der Waals surface area contributed by atoms with Gasteiger partial charge in [0.05, 0.1) is 40.1 Å². The summed E-state index contributed by atoms with van der Waals surface area (Å²) in [4.78, 5) is 14.4. The smallest absolute Gasteiger partial charge is 0.274 e. The van der Waals surface area contributed by atoms with Crippen LogP contribution in [0.4, 0.5) is 0 Å². The first-order chi connectivity index (χ1) is 14.3. The van der Waals surface area contributed by atoms with Gasteiger partial charge in [-0.05, 0) is 24.3 Å². The first-order valence-corrected chi connectivity index (χ1v) is 11.2. The predicted octanol–water partition coefficient (Wildman–Crippen LogP) is 2.00. The van der Waals surface area contributed by atoms with Gasteiger partial charge in [-0.15, -0.1) is 0 Å². The standard InChI is InChI=1S/C19H20ClN5O4S/c1-24-5-6-29-7-8-30(27,28)13-9-14-16(21-22-18(14)15(20)10-13)4-3-12-11-25(2)23-17(12)19(24)26/h3-4,9-11H,5-8H2,1-2H3,(H,21,22)/b4-3+. The minimum Gasteiger partial charge on any atom is -0.379 e. The molecule has 1 aromatic carbocycles. The van der Waals surface area contributed by atoms with Gasteiger partial charge in [-0.1, -0.05) is 11.6 Å². The van der Waals surface area contributed by atoms with Gasteiger partial charge in [0.2, 0.25) is 0 Å². The number of sulfone groups is 1. The largest absolute Gasteiger partial charge is 0.379 e. The van der Waals surface area contributed by atoms with E-state index in [1.165, 1.54) is 11.0 Å². The van der Waals surface area contributed by atoms with Crippen LogP contribution in [0.3, 0.4) is 0 Å². The highest BCUT2D eigenvalue weighted by molar-refractivity contribution is 7.91. The van der Waals surface area contributed by atoms with E-state index < -0.39 is 9.84 Å². The Morgan fingerprint density at radius 1 is 1.20 bits per heavy atom. The van der Waals surface area contributed by atoms with Crippen molar-refractivity contribution in [3.05, 3.63) is 40.3 Å². The van der Waals surface area contributed by atoms with E-state index >= 15 is 0 Å². The molecule has 4 rings (SSSR count). The Balaban J connectivity index is 1.86. The van der Waals surface area contributed by atoms with Crippen molar-refractivity contribution < 1.29 is 17.9 Å². The van der Waals surface area contributed by atoms with Crippen LogP contribution in [-0.4, -0.2) is 71.8 Å². The summed E-state index contributed by atoms with van der Waals surface area (Å²) in [7, 11) is -0.214. The second-order valence-electron chi connectivity index (χ2n) is 7.03. The van der Waals surface area contributed by atoms with Gasteiger partial charge in [-0.25, -0.2) is 8.42 Å². The van der Waals surface area contributed by atoms with Gasteiger partial charge in [0.15, 0.2) is 15.5 Å². The Bertz CT molecular complexity index is 1260. The molecule has 1 amide bonds. The zero-order chi connectivity index (χ0) is 21.5. The molecule has 0 saturated carbocycles. The Labute approximate surface area is 178 Å². The van der Waals surface area contributed by atoms with Crippen molar-refractivity contribution in [2.75, 3.05) is 32.6 Å². The molecule has 0 unspecified atom stereocenters. The molecule has 0 spiro atoms. The Morgan fingerprint density at radius 3 is 2.80 bits per heavy atom. The van der Waals surface area contributed by atoms with E-state index in [1.807, 2.05) is 0 Å². The van der Waals surface area contributed by atoms with Crippen LogP contribution in [0.15, 0.2) is 23.2 Å². The molecule has 158 valence electrons. The minimum atomic E-state index is -3.60. The van der Waals surface area contributed by atoms with Gasteiger partial charge >= 0.3 is 0 Å². The number of carbonyl (C=O) groups is 1. The molecule has 1 aliphatic rings. The molecule has 3 aromatic rings. The minimum absolute atomic E-state index is 0.00695. The average molecular weight is 450 g/mol. The van der Waals surface area contributed by atoms with Gasteiger partial charge in [0.1, 0.15) is 0 Å². The molecule has 0 saturated heterocycles. The lowest BCUT2D eigenvalue weighted by atomic mass is 10.1. The maximum absolute atomic E-state index is 12.8. The van der Waals surface area contributed by atoms with Gasteiger partial charge < -0.3 is 9.64 Å². The predicted molar refractivity (Wildman–Crippen MR) is 113 cm³/mol. The van der Waals surface area contributed by atoms with Crippen molar-refractivity contribution in [1.29, 1.82) is 0 Å². The van der Waals surface area contributed by atoms with Crippen LogP contribution in [0.2, 0.25) is 5.02 Å². The lowest BCUT2D eigenvalue weighted by Crippen LogP contribution is -2.31. The second kappa shape index (κ2) is 7.86. The van der Waals surface area contributed by atoms with Crippen LogP contribution < -0.4 is 0 Å². The molecule has 1 aliphatic heterocycles. The summed E-state index contributed by atoms with van der Waals surface area (Å²) < 4.78 is 32.5. The van der Waals surface area contributed by atoms with Crippen LogP contribution in [0.5, 0.6) is 0 Å². The quantitative estimate of drug-likeness (QED) is 0.562. The van der Waals surface area contributed by atoms with E-state index in [0.29, 0.717) is 34.4 Å². The normalized spacial score (nSPS) is 18.6. The summed E-state index contributed by atoms with van der Waals surface area (Å²) in [5, 5.41) is 12.2. The molecule has 1 N–H and O–H groups in total. The third-order valence-electron chi connectivity index (χ3n) is 4.88. The van der Waals surface area contributed by atoms with Crippen LogP contribution in [0, 0.1) is 0 Å². The number of fused-ring (bicyclic) bond motifs is 2. The molecule has 0 radical (unpaired) electrons. The summed E-state index contributed by atoms with van der Waals surface area (Å²) in [6.45, 7) is 0.522.